The van der Waals surface area contributed by atoms with E-state index in [9.17, 15) is 4.79 Å². The van der Waals surface area contributed by atoms with E-state index in [1.165, 1.54) is 0 Å². The van der Waals surface area contributed by atoms with Crippen LogP contribution in [0, 0.1) is 11.8 Å². The standard InChI is InChI=1S/C14H27NO2/c1-3-4-6-12(2)14(17)15-9-5-7-13(11-15)8-10-16/h12-13,16H,3-11H2,1-2H3. The second-order valence-corrected chi connectivity index (χ2v) is 5.35. The van der Waals surface area contributed by atoms with Crippen molar-refractivity contribution in [1.29, 1.82) is 0 Å². The number of nitrogens with zero attached hydrogens (tertiary/aromatic N) is 1. The quantitative estimate of drug-likeness (QED) is 0.776. The molecule has 1 rings (SSSR count). The summed E-state index contributed by atoms with van der Waals surface area (Å²) in [6.45, 7) is 6.23. The molecule has 0 bridgehead atoms. The van der Waals surface area contributed by atoms with Gasteiger partial charge in [-0.15, -0.1) is 0 Å². The van der Waals surface area contributed by atoms with Crippen LogP contribution >= 0.6 is 0 Å². The summed E-state index contributed by atoms with van der Waals surface area (Å²) in [5, 5.41) is 8.97. The van der Waals surface area contributed by atoms with E-state index in [2.05, 4.69) is 6.92 Å². The first kappa shape index (κ1) is 14.5. The minimum atomic E-state index is 0.169. The van der Waals surface area contributed by atoms with Crippen molar-refractivity contribution in [3.63, 3.8) is 0 Å². The predicted molar refractivity (Wildman–Crippen MR) is 69.7 cm³/mol. The third-order valence-electron chi connectivity index (χ3n) is 3.78. The molecule has 1 aliphatic rings. The van der Waals surface area contributed by atoms with Gasteiger partial charge in [0, 0.05) is 25.6 Å². The van der Waals surface area contributed by atoms with Crippen molar-refractivity contribution in [2.75, 3.05) is 19.7 Å². The van der Waals surface area contributed by atoms with Crippen molar-refractivity contribution < 1.29 is 9.90 Å². The summed E-state index contributed by atoms with van der Waals surface area (Å²) in [7, 11) is 0. The fourth-order valence-corrected chi connectivity index (χ4v) is 2.63. The molecule has 1 N–H and O–H groups in total. The maximum Gasteiger partial charge on any atom is 0.225 e. The Kier molecular flexibility index (Phi) is 6.56. The second-order valence-electron chi connectivity index (χ2n) is 5.35. The average molecular weight is 241 g/mol. The van der Waals surface area contributed by atoms with Crippen LogP contribution in [0.25, 0.3) is 0 Å². The van der Waals surface area contributed by atoms with Gasteiger partial charge < -0.3 is 10.0 Å². The zero-order valence-corrected chi connectivity index (χ0v) is 11.3. The van der Waals surface area contributed by atoms with Gasteiger partial charge in [-0.05, 0) is 31.6 Å². The molecule has 0 aliphatic carbocycles. The van der Waals surface area contributed by atoms with Gasteiger partial charge in [-0.25, -0.2) is 0 Å². The van der Waals surface area contributed by atoms with Gasteiger partial charge in [-0.3, -0.25) is 4.79 Å². The van der Waals surface area contributed by atoms with Gasteiger partial charge in [0.1, 0.15) is 0 Å². The van der Waals surface area contributed by atoms with Crippen molar-refractivity contribution in [2.24, 2.45) is 11.8 Å². The number of likely N-dealkylation sites (tertiary alicyclic amines) is 1. The Hall–Kier alpha value is -0.570. The van der Waals surface area contributed by atoms with Crippen molar-refractivity contribution >= 4 is 5.91 Å². The molecule has 100 valence electrons. The lowest BCUT2D eigenvalue weighted by Crippen LogP contribution is -2.42. The summed E-state index contributed by atoms with van der Waals surface area (Å²) in [6.07, 6.45) is 6.40. The Morgan fingerprint density at radius 1 is 1.53 bits per heavy atom. The zero-order valence-electron chi connectivity index (χ0n) is 11.3. The lowest BCUT2D eigenvalue weighted by Gasteiger charge is -2.34. The molecule has 1 aliphatic heterocycles. The highest BCUT2D eigenvalue weighted by atomic mass is 16.3. The van der Waals surface area contributed by atoms with Gasteiger partial charge in [0.2, 0.25) is 5.91 Å². The van der Waals surface area contributed by atoms with Crippen molar-refractivity contribution in [1.82, 2.24) is 4.90 Å². The summed E-state index contributed by atoms with van der Waals surface area (Å²) in [4.78, 5) is 14.2. The van der Waals surface area contributed by atoms with Crippen LogP contribution in [0.4, 0.5) is 0 Å². The van der Waals surface area contributed by atoms with Crippen molar-refractivity contribution in [2.45, 2.75) is 52.4 Å². The minimum absolute atomic E-state index is 0.169. The first-order chi connectivity index (χ1) is 8.19. The maximum atomic E-state index is 12.2. The van der Waals surface area contributed by atoms with Gasteiger partial charge in [0.15, 0.2) is 0 Å². The summed E-state index contributed by atoms with van der Waals surface area (Å²) < 4.78 is 0. The highest BCUT2D eigenvalue weighted by Gasteiger charge is 2.25. The first-order valence-corrected chi connectivity index (χ1v) is 7.08. The molecule has 0 aromatic rings. The number of amides is 1. The highest BCUT2D eigenvalue weighted by Crippen LogP contribution is 2.22. The first-order valence-electron chi connectivity index (χ1n) is 7.08. The Labute approximate surface area is 105 Å². The van der Waals surface area contributed by atoms with Crippen LogP contribution in [0.5, 0.6) is 0 Å². The summed E-state index contributed by atoms with van der Waals surface area (Å²) in [6, 6.07) is 0. The largest absolute Gasteiger partial charge is 0.396 e. The molecule has 2 atom stereocenters. The summed E-state index contributed by atoms with van der Waals surface area (Å²) in [5.74, 6) is 1.000. The SMILES string of the molecule is CCCCC(C)C(=O)N1CCCC(CCO)C1. The van der Waals surface area contributed by atoms with Crippen molar-refractivity contribution in [3.05, 3.63) is 0 Å². The number of piperidine rings is 1. The van der Waals surface area contributed by atoms with E-state index in [1.807, 2.05) is 11.8 Å². The van der Waals surface area contributed by atoms with Crippen LogP contribution in [0.15, 0.2) is 0 Å². The molecule has 1 fully saturated rings. The van der Waals surface area contributed by atoms with Crippen LogP contribution in [0.1, 0.15) is 52.4 Å². The Balaban J connectivity index is 2.39. The van der Waals surface area contributed by atoms with E-state index in [0.717, 1.165) is 51.6 Å². The molecule has 17 heavy (non-hydrogen) atoms. The van der Waals surface area contributed by atoms with E-state index >= 15 is 0 Å². The normalized spacial score (nSPS) is 22.5. The van der Waals surface area contributed by atoms with E-state index < -0.39 is 0 Å². The third-order valence-corrected chi connectivity index (χ3v) is 3.78. The summed E-state index contributed by atoms with van der Waals surface area (Å²) >= 11 is 0. The Morgan fingerprint density at radius 3 is 2.94 bits per heavy atom. The average Bonchev–Trinajstić information content (AvgIpc) is 2.35. The monoisotopic (exact) mass is 241 g/mol. The molecular formula is C14H27NO2. The van der Waals surface area contributed by atoms with E-state index in [1.54, 1.807) is 0 Å². The van der Waals surface area contributed by atoms with E-state index in [4.69, 9.17) is 5.11 Å². The van der Waals surface area contributed by atoms with Gasteiger partial charge >= 0.3 is 0 Å². The van der Waals surface area contributed by atoms with Crippen LogP contribution in [-0.4, -0.2) is 35.6 Å². The number of carbonyl (C=O) groups is 1. The predicted octanol–water partition coefficient (Wildman–Crippen LogP) is 2.43. The second kappa shape index (κ2) is 7.70. The molecular weight excluding hydrogens is 214 g/mol. The lowest BCUT2D eigenvalue weighted by atomic mass is 9.93. The Morgan fingerprint density at radius 2 is 2.29 bits per heavy atom. The zero-order chi connectivity index (χ0) is 12.7. The molecule has 0 radical (unpaired) electrons. The third kappa shape index (κ3) is 4.66. The molecule has 1 saturated heterocycles. The van der Waals surface area contributed by atoms with Crippen LogP contribution in [0.3, 0.4) is 0 Å². The molecule has 1 amide bonds. The van der Waals surface area contributed by atoms with Gasteiger partial charge in [-0.2, -0.15) is 0 Å². The lowest BCUT2D eigenvalue weighted by molar-refractivity contribution is -0.137. The van der Waals surface area contributed by atoms with Crippen LogP contribution < -0.4 is 0 Å². The highest BCUT2D eigenvalue weighted by molar-refractivity contribution is 5.78. The molecule has 3 nitrogen and oxygen atoms in total. The number of hydrogen-bond donors (Lipinski definition) is 1. The molecule has 1 heterocycles. The van der Waals surface area contributed by atoms with Crippen LogP contribution in [-0.2, 0) is 4.79 Å². The molecule has 0 saturated carbocycles. The van der Waals surface area contributed by atoms with Gasteiger partial charge in [0.05, 0.1) is 0 Å². The van der Waals surface area contributed by atoms with Gasteiger partial charge in [0.25, 0.3) is 0 Å². The molecule has 0 spiro atoms. The molecule has 3 heteroatoms. The van der Waals surface area contributed by atoms with E-state index in [0.29, 0.717) is 11.8 Å². The van der Waals surface area contributed by atoms with Crippen molar-refractivity contribution in [3.8, 4) is 0 Å². The number of hydrogen-bond acceptors (Lipinski definition) is 2. The minimum Gasteiger partial charge on any atom is -0.396 e. The maximum absolute atomic E-state index is 12.2. The molecule has 2 unspecified atom stereocenters. The fourth-order valence-electron chi connectivity index (χ4n) is 2.63. The van der Waals surface area contributed by atoms with E-state index in [-0.39, 0.29) is 12.5 Å². The summed E-state index contributed by atoms with van der Waals surface area (Å²) in [5.41, 5.74) is 0. The van der Waals surface area contributed by atoms with Crippen LogP contribution in [0.2, 0.25) is 0 Å². The number of rotatable bonds is 6. The smallest absolute Gasteiger partial charge is 0.225 e. The number of aliphatic hydroxyl groups is 1. The topological polar surface area (TPSA) is 40.5 Å². The molecule has 0 aromatic heterocycles. The fraction of sp³-hybridized carbons (Fsp3) is 0.929. The number of aliphatic hydroxyl groups excluding tert-OH is 1. The van der Waals surface area contributed by atoms with Gasteiger partial charge in [-0.1, -0.05) is 26.7 Å². The Bertz CT molecular complexity index is 228. The molecule has 0 aromatic carbocycles. The number of carbonyl (C=O) groups excluding carboxylic acids is 1. The number of unbranched alkanes of at least 4 members (excludes halogenated alkanes) is 1.